The Morgan fingerprint density at radius 1 is 1.15 bits per heavy atom. The minimum absolute atomic E-state index is 0.0161. The normalized spacial score (nSPS) is 19.7. The lowest BCUT2D eigenvalue weighted by Crippen LogP contribution is -2.47. The molecule has 2 aliphatic rings. The smallest absolute Gasteiger partial charge is 0.272 e. The number of aromatic nitrogens is 1. The summed E-state index contributed by atoms with van der Waals surface area (Å²) in [6.07, 6.45) is 5.36. The van der Waals surface area contributed by atoms with E-state index in [0.717, 1.165) is 25.7 Å². The number of nitrogens with zero attached hydrogens (tertiary/aromatic N) is 2. The average Bonchev–Trinajstić information content (AvgIpc) is 3.33. The van der Waals surface area contributed by atoms with Gasteiger partial charge in [-0.1, -0.05) is 6.07 Å². The molecule has 0 bridgehead atoms. The predicted molar refractivity (Wildman–Crippen MR) is 74.0 cm³/mol. The topological polar surface area (TPSA) is 62.3 Å². The van der Waals surface area contributed by atoms with Gasteiger partial charge in [0.25, 0.3) is 5.91 Å². The van der Waals surface area contributed by atoms with Crippen molar-refractivity contribution in [2.45, 2.75) is 31.7 Å². The summed E-state index contributed by atoms with van der Waals surface area (Å²) >= 11 is 0. The van der Waals surface area contributed by atoms with Crippen molar-refractivity contribution in [1.29, 1.82) is 0 Å². The average molecular weight is 273 g/mol. The summed E-state index contributed by atoms with van der Waals surface area (Å²) in [6, 6.07) is 5.58. The van der Waals surface area contributed by atoms with Gasteiger partial charge in [0, 0.05) is 31.2 Å². The highest BCUT2D eigenvalue weighted by molar-refractivity contribution is 5.92. The van der Waals surface area contributed by atoms with E-state index >= 15 is 0 Å². The molecule has 1 aliphatic heterocycles. The summed E-state index contributed by atoms with van der Waals surface area (Å²) in [5, 5.41) is 3.09. The van der Waals surface area contributed by atoms with Crippen molar-refractivity contribution in [2.75, 3.05) is 13.1 Å². The maximum absolute atomic E-state index is 12.2. The van der Waals surface area contributed by atoms with E-state index in [0.29, 0.717) is 18.8 Å². The summed E-state index contributed by atoms with van der Waals surface area (Å²) < 4.78 is 0. The Morgan fingerprint density at radius 2 is 1.90 bits per heavy atom. The molecule has 2 heterocycles. The van der Waals surface area contributed by atoms with Crippen LogP contribution in [-0.4, -0.2) is 40.8 Å². The molecule has 2 amide bonds. The van der Waals surface area contributed by atoms with Crippen molar-refractivity contribution in [3.63, 3.8) is 0 Å². The number of hydrogen-bond acceptors (Lipinski definition) is 3. The van der Waals surface area contributed by atoms with Gasteiger partial charge in [0.15, 0.2) is 0 Å². The van der Waals surface area contributed by atoms with E-state index < -0.39 is 0 Å². The number of rotatable bonds is 3. The van der Waals surface area contributed by atoms with Crippen LogP contribution in [0.3, 0.4) is 0 Å². The van der Waals surface area contributed by atoms with Gasteiger partial charge in [-0.3, -0.25) is 14.6 Å². The summed E-state index contributed by atoms with van der Waals surface area (Å²) in [5.74, 6) is 0.431. The van der Waals surface area contributed by atoms with Crippen LogP contribution in [0.1, 0.15) is 36.2 Å². The summed E-state index contributed by atoms with van der Waals surface area (Å²) in [4.78, 5) is 29.8. The van der Waals surface area contributed by atoms with Crippen molar-refractivity contribution in [2.24, 2.45) is 5.92 Å². The third-order valence-corrected chi connectivity index (χ3v) is 3.96. The second-order valence-electron chi connectivity index (χ2n) is 5.56. The minimum atomic E-state index is -0.0161. The molecule has 2 fully saturated rings. The number of likely N-dealkylation sites (tertiary alicyclic amines) is 1. The van der Waals surface area contributed by atoms with Crippen LogP contribution in [-0.2, 0) is 4.79 Å². The van der Waals surface area contributed by atoms with Crippen LogP contribution < -0.4 is 5.32 Å². The molecule has 1 aromatic rings. The first-order chi connectivity index (χ1) is 9.74. The van der Waals surface area contributed by atoms with Crippen LogP contribution in [0.4, 0.5) is 0 Å². The molecule has 1 saturated carbocycles. The molecular weight excluding hydrogens is 254 g/mol. The van der Waals surface area contributed by atoms with E-state index in [1.165, 1.54) is 0 Å². The highest BCUT2D eigenvalue weighted by Crippen LogP contribution is 2.29. The Hall–Kier alpha value is -1.91. The second kappa shape index (κ2) is 5.61. The first-order valence-electron chi connectivity index (χ1n) is 7.25. The molecule has 0 atom stereocenters. The van der Waals surface area contributed by atoms with Crippen LogP contribution in [0, 0.1) is 5.92 Å². The van der Waals surface area contributed by atoms with Crippen LogP contribution >= 0.6 is 0 Å². The summed E-state index contributed by atoms with van der Waals surface area (Å²) in [6.45, 7) is 1.37. The molecule has 5 heteroatoms. The summed E-state index contributed by atoms with van der Waals surface area (Å²) in [7, 11) is 0. The first-order valence-corrected chi connectivity index (χ1v) is 7.25. The molecule has 106 valence electrons. The maximum atomic E-state index is 12.2. The van der Waals surface area contributed by atoms with E-state index in [1.54, 1.807) is 18.3 Å². The Bertz CT molecular complexity index is 491. The molecule has 0 unspecified atom stereocenters. The monoisotopic (exact) mass is 273 g/mol. The maximum Gasteiger partial charge on any atom is 0.272 e. The van der Waals surface area contributed by atoms with Gasteiger partial charge < -0.3 is 10.2 Å². The third-order valence-electron chi connectivity index (χ3n) is 3.96. The van der Waals surface area contributed by atoms with E-state index in [4.69, 9.17) is 0 Å². The van der Waals surface area contributed by atoms with E-state index in [1.807, 2.05) is 11.0 Å². The Labute approximate surface area is 118 Å². The molecule has 20 heavy (non-hydrogen) atoms. The lowest BCUT2D eigenvalue weighted by molar-refractivity contribution is -0.123. The lowest BCUT2D eigenvalue weighted by Gasteiger charge is -2.32. The van der Waals surface area contributed by atoms with Gasteiger partial charge in [-0.25, -0.2) is 0 Å². The fourth-order valence-electron chi connectivity index (χ4n) is 2.54. The standard InChI is InChI=1S/C15H19N3O2/c19-14(11-4-5-11)17-12-6-9-18(10-7-12)15(20)13-3-1-2-8-16-13/h1-3,8,11-12H,4-7,9-10H2,(H,17,19). The van der Waals surface area contributed by atoms with Gasteiger partial charge in [0.2, 0.25) is 5.91 Å². The van der Waals surface area contributed by atoms with Crippen molar-refractivity contribution < 1.29 is 9.59 Å². The van der Waals surface area contributed by atoms with Crippen molar-refractivity contribution >= 4 is 11.8 Å². The number of nitrogens with one attached hydrogen (secondary N) is 1. The predicted octanol–water partition coefficient (Wildman–Crippen LogP) is 1.21. The van der Waals surface area contributed by atoms with Crippen LogP contribution in [0.25, 0.3) is 0 Å². The molecule has 5 nitrogen and oxygen atoms in total. The Morgan fingerprint density at radius 3 is 2.50 bits per heavy atom. The molecule has 0 spiro atoms. The fourth-order valence-corrected chi connectivity index (χ4v) is 2.54. The molecule has 1 N–H and O–H groups in total. The van der Waals surface area contributed by atoms with Gasteiger partial charge in [-0.15, -0.1) is 0 Å². The SMILES string of the molecule is O=C(NC1CCN(C(=O)c2ccccn2)CC1)C1CC1. The molecule has 1 saturated heterocycles. The van der Waals surface area contributed by atoms with E-state index in [9.17, 15) is 9.59 Å². The molecular formula is C15H19N3O2. The van der Waals surface area contributed by atoms with Gasteiger partial charge in [-0.2, -0.15) is 0 Å². The molecule has 0 radical (unpaired) electrons. The van der Waals surface area contributed by atoms with Gasteiger partial charge >= 0.3 is 0 Å². The van der Waals surface area contributed by atoms with Crippen molar-refractivity contribution in [1.82, 2.24) is 15.2 Å². The zero-order chi connectivity index (χ0) is 13.9. The Balaban J connectivity index is 1.50. The van der Waals surface area contributed by atoms with Crippen LogP contribution in [0.5, 0.6) is 0 Å². The molecule has 3 rings (SSSR count). The minimum Gasteiger partial charge on any atom is -0.353 e. The molecule has 1 aromatic heterocycles. The van der Waals surface area contributed by atoms with Crippen LogP contribution in [0.2, 0.25) is 0 Å². The van der Waals surface area contributed by atoms with Crippen molar-refractivity contribution in [3.05, 3.63) is 30.1 Å². The number of amides is 2. The van der Waals surface area contributed by atoms with Gasteiger partial charge in [0.1, 0.15) is 5.69 Å². The fraction of sp³-hybridized carbons (Fsp3) is 0.533. The van der Waals surface area contributed by atoms with E-state index in [2.05, 4.69) is 10.3 Å². The zero-order valence-electron chi connectivity index (χ0n) is 11.4. The number of carbonyl (C=O) groups is 2. The highest BCUT2D eigenvalue weighted by atomic mass is 16.2. The first kappa shape index (κ1) is 13.1. The van der Waals surface area contributed by atoms with Gasteiger partial charge in [0.05, 0.1) is 0 Å². The van der Waals surface area contributed by atoms with E-state index in [-0.39, 0.29) is 23.8 Å². The zero-order valence-corrected chi connectivity index (χ0v) is 11.4. The number of carbonyl (C=O) groups excluding carboxylic acids is 2. The number of piperidine rings is 1. The third kappa shape index (κ3) is 2.98. The highest BCUT2D eigenvalue weighted by Gasteiger charge is 2.32. The van der Waals surface area contributed by atoms with Crippen LogP contribution in [0.15, 0.2) is 24.4 Å². The van der Waals surface area contributed by atoms with Crippen molar-refractivity contribution in [3.8, 4) is 0 Å². The Kier molecular flexibility index (Phi) is 3.67. The number of pyridine rings is 1. The number of hydrogen-bond donors (Lipinski definition) is 1. The second-order valence-corrected chi connectivity index (χ2v) is 5.56. The summed E-state index contributed by atoms with van der Waals surface area (Å²) in [5.41, 5.74) is 0.493. The molecule has 1 aliphatic carbocycles. The largest absolute Gasteiger partial charge is 0.353 e. The van der Waals surface area contributed by atoms with Gasteiger partial charge in [-0.05, 0) is 37.8 Å². The molecule has 0 aromatic carbocycles. The quantitative estimate of drug-likeness (QED) is 0.900. The lowest BCUT2D eigenvalue weighted by atomic mass is 10.0.